The van der Waals surface area contributed by atoms with Crippen LogP contribution in [0.1, 0.15) is 36.7 Å². The number of benzene rings is 1. The van der Waals surface area contributed by atoms with Gasteiger partial charge in [0.25, 0.3) is 0 Å². The molecule has 1 heterocycles. The van der Waals surface area contributed by atoms with Gasteiger partial charge in [-0.15, -0.1) is 0 Å². The summed E-state index contributed by atoms with van der Waals surface area (Å²) in [7, 11) is 0. The maximum absolute atomic E-state index is 9.25. The zero-order valence-electron chi connectivity index (χ0n) is 13.1. The molecule has 21 heavy (non-hydrogen) atoms. The predicted molar refractivity (Wildman–Crippen MR) is 85.7 cm³/mol. The minimum absolute atomic E-state index is 0.212. The molecule has 0 aliphatic heterocycles. The zero-order valence-corrected chi connectivity index (χ0v) is 13.1. The number of hydrogen-bond donors (Lipinski definition) is 2. The molecule has 1 atom stereocenters. The Labute approximate surface area is 126 Å². The molecule has 0 bridgehead atoms. The molecule has 0 fully saturated rings. The average Bonchev–Trinajstić information content (AvgIpc) is 2.75. The van der Waals surface area contributed by atoms with Gasteiger partial charge in [-0.2, -0.15) is 5.10 Å². The van der Waals surface area contributed by atoms with Crippen molar-refractivity contribution in [3.63, 3.8) is 0 Å². The Hall–Kier alpha value is -1.65. The third kappa shape index (κ3) is 4.16. The van der Waals surface area contributed by atoms with Crippen LogP contribution in [0.25, 0.3) is 5.69 Å². The van der Waals surface area contributed by atoms with Gasteiger partial charge in [0.1, 0.15) is 0 Å². The van der Waals surface area contributed by atoms with Crippen molar-refractivity contribution in [2.75, 3.05) is 6.54 Å². The maximum atomic E-state index is 9.25. The third-order valence-corrected chi connectivity index (χ3v) is 3.72. The summed E-state index contributed by atoms with van der Waals surface area (Å²) in [6.45, 7) is 7.74. The van der Waals surface area contributed by atoms with Gasteiger partial charge in [0.05, 0.1) is 17.5 Å². The molecule has 0 aliphatic rings. The number of rotatable bonds is 7. The molecule has 4 nitrogen and oxygen atoms in total. The number of aryl methyl sites for hydroxylation is 1. The fraction of sp³-hybridized carbons (Fsp3) is 0.471. The molecule has 0 aliphatic carbocycles. The molecule has 1 aromatic heterocycles. The van der Waals surface area contributed by atoms with Crippen molar-refractivity contribution in [3.05, 3.63) is 47.3 Å². The Balaban J connectivity index is 2.00. The first kappa shape index (κ1) is 15.7. The van der Waals surface area contributed by atoms with E-state index < -0.39 is 0 Å². The highest BCUT2D eigenvalue weighted by atomic mass is 16.3. The number of aliphatic hydroxyl groups excluding tert-OH is 1. The van der Waals surface area contributed by atoms with Crippen molar-refractivity contribution in [1.29, 1.82) is 0 Å². The second-order valence-corrected chi connectivity index (χ2v) is 5.56. The van der Waals surface area contributed by atoms with Crippen LogP contribution in [0.4, 0.5) is 0 Å². The van der Waals surface area contributed by atoms with Gasteiger partial charge in [-0.25, -0.2) is 4.68 Å². The van der Waals surface area contributed by atoms with E-state index in [1.807, 2.05) is 29.8 Å². The van der Waals surface area contributed by atoms with E-state index in [2.05, 4.69) is 36.4 Å². The third-order valence-electron chi connectivity index (χ3n) is 3.72. The zero-order chi connectivity index (χ0) is 15.2. The van der Waals surface area contributed by atoms with Crippen LogP contribution in [0.15, 0.2) is 30.3 Å². The molecule has 0 saturated carbocycles. The largest absolute Gasteiger partial charge is 0.393 e. The first-order chi connectivity index (χ1) is 10.1. The lowest BCUT2D eigenvalue weighted by Gasteiger charge is -2.07. The Morgan fingerprint density at radius 2 is 1.95 bits per heavy atom. The number of aromatic nitrogens is 2. The minimum atomic E-state index is -0.212. The molecule has 0 radical (unpaired) electrons. The summed E-state index contributed by atoms with van der Waals surface area (Å²) < 4.78 is 2.00. The maximum Gasteiger partial charge on any atom is 0.0648 e. The van der Waals surface area contributed by atoms with Crippen LogP contribution in [-0.2, 0) is 6.54 Å². The molecular weight excluding hydrogens is 262 g/mol. The molecule has 2 aromatic rings. The minimum Gasteiger partial charge on any atom is -0.393 e. The topological polar surface area (TPSA) is 50.1 Å². The Kier molecular flexibility index (Phi) is 5.53. The second-order valence-electron chi connectivity index (χ2n) is 5.56. The molecule has 0 spiro atoms. The molecule has 0 saturated heterocycles. The average molecular weight is 287 g/mol. The van der Waals surface area contributed by atoms with E-state index in [1.165, 1.54) is 11.3 Å². The molecule has 0 amide bonds. The van der Waals surface area contributed by atoms with Gasteiger partial charge < -0.3 is 10.4 Å². The normalized spacial score (nSPS) is 12.6. The van der Waals surface area contributed by atoms with E-state index >= 15 is 0 Å². The lowest BCUT2D eigenvalue weighted by molar-refractivity contribution is 0.181. The van der Waals surface area contributed by atoms with E-state index in [0.717, 1.165) is 37.3 Å². The van der Waals surface area contributed by atoms with Gasteiger partial charge in [0, 0.05) is 17.8 Å². The lowest BCUT2D eigenvalue weighted by atomic mass is 10.2. The van der Waals surface area contributed by atoms with Crippen LogP contribution in [0, 0.1) is 13.8 Å². The van der Waals surface area contributed by atoms with Gasteiger partial charge in [-0.05, 0) is 52.3 Å². The van der Waals surface area contributed by atoms with E-state index in [4.69, 9.17) is 0 Å². The molecular formula is C17H25N3O. The van der Waals surface area contributed by atoms with E-state index in [1.54, 1.807) is 0 Å². The number of para-hydroxylation sites is 1. The Bertz CT molecular complexity index is 561. The van der Waals surface area contributed by atoms with E-state index in [-0.39, 0.29) is 6.10 Å². The van der Waals surface area contributed by atoms with Crippen molar-refractivity contribution in [3.8, 4) is 5.69 Å². The summed E-state index contributed by atoms with van der Waals surface area (Å²) in [5.41, 5.74) is 4.61. The van der Waals surface area contributed by atoms with E-state index in [0.29, 0.717) is 0 Å². The highest BCUT2D eigenvalue weighted by Crippen LogP contribution is 2.17. The van der Waals surface area contributed by atoms with Gasteiger partial charge in [0.15, 0.2) is 0 Å². The fourth-order valence-electron chi connectivity index (χ4n) is 2.49. The molecule has 1 unspecified atom stereocenters. The van der Waals surface area contributed by atoms with Gasteiger partial charge in [-0.1, -0.05) is 18.2 Å². The van der Waals surface area contributed by atoms with Crippen LogP contribution >= 0.6 is 0 Å². The number of hydrogen-bond acceptors (Lipinski definition) is 3. The van der Waals surface area contributed by atoms with Gasteiger partial charge >= 0.3 is 0 Å². The van der Waals surface area contributed by atoms with Crippen LogP contribution in [0.3, 0.4) is 0 Å². The summed E-state index contributed by atoms with van der Waals surface area (Å²) in [4.78, 5) is 0. The quantitative estimate of drug-likeness (QED) is 0.770. The summed E-state index contributed by atoms with van der Waals surface area (Å²) in [6.07, 6.45) is 1.62. The summed E-state index contributed by atoms with van der Waals surface area (Å²) in [6, 6.07) is 10.2. The molecule has 2 N–H and O–H groups in total. The monoisotopic (exact) mass is 287 g/mol. The molecule has 2 rings (SSSR count). The van der Waals surface area contributed by atoms with Crippen molar-refractivity contribution < 1.29 is 5.11 Å². The van der Waals surface area contributed by atoms with Crippen molar-refractivity contribution in [2.45, 2.75) is 46.3 Å². The lowest BCUT2D eigenvalue weighted by Crippen LogP contribution is -2.17. The first-order valence-corrected chi connectivity index (χ1v) is 7.59. The molecule has 1 aromatic carbocycles. The highest BCUT2D eigenvalue weighted by Gasteiger charge is 2.12. The van der Waals surface area contributed by atoms with Crippen LogP contribution in [0.2, 0.25) is 0 Å². The van der Waals surface area contributed by atoms with Crippen molar-refractivity contribution in [1.82, 2.24) is 15.1 Å². The van der Waals surface area contributed by atoms with Crippen LogP contribution < -0.4 is 5.32 Å². The van der Waals surface area contributed by atoms with Gasteiger partial charge in [0.2, 0.25) is 0 Å². The highest BCUT2D eigenvalue weighted by molar-refractivity contribution is 5.36. The number of nitrogens with zero attached hydrogens (tertiary/aromatic N) is 2. The van der Waals surface area contributed by atoms with Crippen molar-refractivity contribution in [2.24, 2.45) is 0 Å². The Morgan fingerprint density at radius 1 is 1.24 bits per heavy atom. The Morgan fingerprint density at radius 3 is 2.62 bits per heavy atom. The van der Waals surface area contributed by atoms with Crippen LogP contribution in [0.5, 0.6) is 0 Å². The summed E-state index contributed by atoms with van der Waals surface area (Å²) in [5.74, 6) is 0. The molecule has 4 heteroatoms. The smallest absolute Gasteiger partial charge is 0.0648 e. The standard InChI is InChI=1S/C17H25N3O/c1-13(21)8-7-11-18-12-17-14(2)19-20(15(17)3)16-9-5-4-6-10-16/h4-6,9-10,13,18,21H,7-8,11-12H2,1-3H3. The fourth-order valence-corrected chi connectivity index (χ4v) is 2.49. The molecule has 114 valence electrons. The predicted octanol–water partition coefficient (Wildman–Crippen LogP) is 2.74. The second kappa shape index (κ2) is 7.38. The SMILES string of the molecule is Cc1nn(-c2ccccc2)c(C)c1CNCCCC(C)O. The van der Waals surface area contributed by atoms with Crippen molar-refractivity contribution >= 4 is 0 Å². The van der Waals surface area contributed by atoms with E-state index in [9.17, 15) is 5.11 Å². The first-order valence-electron chi connectivity index (χ1n) is 7.59. The number of nitrogens with one attached hydrogen (secondary N) is 1. The van der Waals surface area contributed by atoms with Crippen LogP contribution in [-0.4, -0.2) is 27.5 Å². The number of aliphatic hydroxyl groups is 1. The summed E-state index contributed by atoms with van der Waals surface area (Å²) >= 11 is 0. The van der Waals surface area contributed by atoms with Gasteiger partial charge in [-0.3, -0.25) is 0 Å². The summed E-state index contributed by atoms with van der Waals surface area (Å²) in [5, 5.41) is 17.3.